The van der Waals surface area contributed by atoms with Crippen LogP contribution in [-0.4, -0.2) is 13.2 Å². The van der Waals surface area contributed by atoms with E-state index in [1.165, 1.54) is 0 Å². The number of rotatable bonds is 5. The minimum Gasteiger partial charge on any atom is -0.493 e. The van der Waals surface area contributed by atoms with Crippen molar-refractivity contribution >= 4 is 15.9 Å². The highest BCUT2D eigenvalue weighted by molar-refractivity contribution is 9.10. The van der Waals surface area contributed by atoms with Crippen molar-refractivity contribution in [3.63, 3.8) is 0 Å². The smallest absolute Gasteiger partial charge is 0.169 e. The molecule has 0 heterocycles. The van der Waals surface area contributed by atoms with E-state index in [-0.39, 0.29) is 6.04 Å². The van der Waals surface area contributed by atoms with Crippen molar-refractivity contribution in [3.05, 3.63) is 52.5 Å². The zero-order valence-electron chi connectivity index (χ0n) is 11.6. The molecule has 2 aromatic rings. The fraction of sp³-hybridized carbons (Fsp3) is 0.250. The van der Waals surface area contributed by atoms with Gasteiger partial charge < -0.3 is 15.2 Å². The van der Waals surface area contributed by atoms with Crippen LogP contribution in [0.1, 0.15) is 12.5 Å². The minimum absolute atomic E-state index is 0.0734. The predicted octanol–water partition coefficient (Wildman–Crippen LogP) is 4.14. The maximum absolute atomic E-state index is 5.99. The number of nitrogens with two attached hydrogens (primary N) is 1. The molecular weight excluding hydrogens is 318 g/mol. The molecule has 0 amide bonds. The Kier molecular flexibility index (Phi) is 5.04. The number of halogens is 1. The average molecular weight is 336 g/mol. The van der Waals surface area contributed by atoms with Crippen molar-refractivity contribution < 1.29 is 9.47 Å². The van der Waals surface area contributed by atoms with Crippen molar-refractivity contribution in [3.8, 4) is 17.2 Å². The van der Waals surface area contributed by atoms with Crippen LogP contribution in [0.2, 0.25) is 0 Å². The number of hydrogen-bond donors (Lipinski definition) is 1. The van der Waals surface area contributed by atoms with Crippen LogP contribution < -0.4 is 15.2 Å². The molecule has 0 saturated heterocycles. The third kappa shape index (κ3) is 3.74. The summed E-state index contributed by atoms with van der Waals surface area (Å²) in [6.07, 6.45) is 0.754. The molecule has 0 radical (unpaired) electrons. The third-order valence-corrected chi connectivity index (χ3v) is 3.35. The lowest BCUT2D eigenvalue weighted by molar-refractivity contribution is 0.377. The molecule has 4 heteroatoms. The largest absolute Gasteiger partial charge is 0.493 e. The molecule has 0 aliphatic carbocycles. The number of para-hydroxylation sites is 2. The van der Waals surface area contributed by atoms with Gasteiger partial charge in [0.25, 0.3) is 0 Å². The van der Waals surface area contributed by atoms with Crippen molar-refractivity contribution in [2.75, 3.05) is 7.11 Å². The van der Waals surface area contributed by atoms with E-state index in [9.17, 15) is 0 Å². The molecule has 0 bridgehead atoms. The van der Waals surface area contributed by atoms with Crippen molar-refractivity contribution in [2.24, 2.45) is 5.73 Å². The minimum atomic E-state index is 0.0734. The summed E-state index contributed by atoms with van der Waals surface area (Å²) in [6.45, 7) is 1.98. The Bertz CT molecular complexity index is 584. The Morgan fingerprint density at radius 1 is 1.10 bits per heavy atom. The SMILES string of the molecule is COc1ccccc1Oc1ccc(Br)cc1CC(C)N. The first-order valence-electron chi connectivity index (χ1n) is 6.45. The zero-order chi connectivity index (χ0) is 14.5. The molecule has 1 unspecified atom stereocenters. The van der Waals surface area contributed by atoms with Gasteiger partial charge >= 0.3 is 0 Å². The van der Waals surface area contributed by atoms with Crippen LogP contribution in [0.3, 0.4) is 0 Å². The van der Waals surface area contributed by atoms with Gasteiger partial charge in [-0.05, 0) is 49.2 Å². The van der Waals surface area contributed by atoms with Crippen LogP contribution in [0.4, 0.5) is 0 Å². The molecule has 0 aliphatic heterocycles. The Morgan fingerprint density at radius 2 is 1.80 bits per heavy atom. The highest BCUT2D eigenvalue weighted by Crippen LogP contribution is 2.34. The van der Waals surface area contributed by atoms with Gasteiger partial charge in [0.2, 0.25) is 0 Å². The van der Waals surface area contributed by atoms with Gasteiger partial charge in [-0.25, -0.2) is 0 Å². The zero-order valence-corrected chi connectivity index (χ0v) is 13.2. The maximum atomic E-state index is 5.99. The van der Waals surface area contributed by atoms with E-state index in [0.29, 0.717) is 11.5 Å². The summed E-state index contributed by atoms with van der Waals surface area (Å²) in [5.74, 6) is 2.21. The van der Waals surface area contributed by atoms with Crippen molar-refractivity contribution in [2.45, 2.75) is 19.4 Å². The number of hydrogen-bond acceptors (Lipinski definition) is 3. The summed E-state index contributed by atoms with van der Waals surface area (Å²) in [7, 11) is 1.63. The monoisotopic (exact) mass is 335 g/mol. The standard InChI is InChI=1S/C16H18BrNO2/c1-11(18)9-12-10-13(17)7-8-14(12)20-16-6-4-3-5-15(16)19-2/h3-8,10-11H,9,18H2,1-2H3. The van der Waals surface area contributed by atoms with Gasteiger partial charge in [0, 0.05) is 10.5 Å². The normalized spacial score (nSPS) is 12.0. The van der Waals surface area contributed by atoms with Crippen LogP contribution in [-0.2, 0) is 6.42 Å². The van der Waals surface area contributed by atoms with Crippen molar-refractivity contribution in [1.82, 2.24) is 0 Å². The van der Waals surface area contributed by atoms with Gasteiger partial charge in [0.05, 0.1) is 7.11 Å². The predicted molar refractivity (Wildman–Crippen MR) is 84.6 cm³/mol. The summed E-state index contributed by atoms with van der Waals surface area (Å²) < 4.78 is 12.3. The molecule has 0 saturated carbocycles. The summed E-state index contributed by atoms with van der Waals surface area (Å²) >= 11 is 3.48. The highest BCUT2D eigenvalue weighted by atomic mass is 79.9. The molecule has 2 rings (SSSR count). The fourth-order valence-electron chi connectivity index (χ4n) is 1.98. The first-order valence-corrected chi connectivity index (χ1v) is 7.24. The van der Waals surface area contributed by atoms with Crippen LogP contribution in [0.15, 0.2) is 46.9 Å². The van der Waals surface area contributed by atoms with E-state index in [4.69, 9.17) is 15.2 Å². The molecule has 1 atom stereocenters. The lowest BCUT2D eigenvalue weighted by Crippen LogP contribution is -2.18. The van der Waals surface area contributed by atoms with E-state index in [1.807, 2.05) is 49.4 Å². The molecule has 3 nitrogen and oxygen atoms in total. The fourth-order valence-corrected chi connectivity index (χ4v) is 2.38. The summed E-state index contributed by atoms with van der Waals surface area (Å²) in [5.41, 5.74) is 6.97. The van der Waals surface area contributed by atoms with Crippen LogP contribution in [0.5, 0.6) is 17.2 Å². The van der Waals surface area contributed by atoms with Crippen LogP contribution in [0.25, 0.3) is 0 Å². The molecule has 2 N–H and O–H groups in total. The molecular formula is C16H18BrNO2. The van der Waals surface area contributed by atoms with Crippen molar-refractivity contribution in [1.29, 1.82) is 0 Å². The first kappa shape index (κ1) is 14.9. The molecule has 0 aliphatic rings. The second kappa shape index (κ2) is 6.77. The van der Waals surface area contributed by atoms with Gasteiger partial charge in [0.1, 0.15) is 5.75 Å². The van der Waals surface area contributed by atoms with Gasteiger partial charge in [-0.3, -0.25) is 0 Å². The lowest BCUT2D eigenvalue weighted by atomic mass is 10.1. The second-order valence-corrected chi connectivity index (χ2v) is 5.60. The van der Waals surface area contributed by atoms with Gasteiger partial charge in [0.15, 0.2) is 11.5 Å². The van der Waals surface area contributed by atoms with E-state index in [0.717, 1.165) is 22.2 Å². The number of methoxy groups -OCH3 is 1. The Balaban J connectivity index is 2.33. The quantitative estimate of drug-likeness (QED) is 0.892. The first-order chi connectivity index (χ1) is 9.60. The maximum Gasteiger partial charge on any atom is 0.169 e. The van der Waals surface area contributed by atoms with Crippen LogP contribution in [0, 0.1) is 0 Å². The topological polar surface area (TPSA) is 44.5 Å². The highest BCUT2D eigenvalue weighted by Gasteiger charge is 2.10. The molecule has 0 aromatic heterocycles. The van der Waals surface area contributed by atoms with Gasteiger partial charge in [-0.2, -0.15) is 0 Å². The summed E-state index contributed by atoms with van der Waals surface area (Å²) in [6, 6.07) is 13.6. The Hall–Kier alpha value is -1.52. The lowest BCUT2D eigenvalue weighted by Gasteiger charge is -2.15. The molecule has 0 spiro atoms. The molecule has 0 fully saturated rings. The molecule has 20 heavy (non-hydrogen) atoms. The Morgan fingerprint density at radius 3 is 2.45 bits per heavy atom. The molecule has 106 valence electrons. The van der Waals surface area contributed by atoms with Gasteiger partial charge in [-0.1, -0.05) is 28.1 Å². The number of ether oxygens (including phenoxy) is 2. The second-order valence-electron chi connectivity index (χ2n) is 4.69. The van der Waals surface area contributed by atoms with E-state index in [1.54, 1.807) is 7.11 Å². The van der Waals surface area contributed by atoms with E-state index >= 15 is 0 Å². The molecule has 2 aromatic carbocycles. The average Bonchev–Trinajstić information content (AvgIpc) is 2.42. The van der Waals surface area contributed by atoms with Crippen LogP contribution >= 0.6 is 15.9 Å². The third-order valence-electron chi connectivity index (χ3n) is 2.85. The summed E-state index contributed by atoms with van der Waals surface area (Å²) in [4.78, 5) is 0. The van der Waals surface area contributed by atoms with E-state index in [2.05, 4.69) is 15.9 Å². The number of benzene rings is 2. The summed E-state index contributed by atoms with van der Waals surface area (Å²) in [5, 5.41) is 0. The Labute approximate surface area is 127 Å². The van der Waals surface area contributed by atoms with Gasteiger partial charge in [-0.15, -0.1) is 0 Å². The van der Waals surface area contributed by atoms with E-state index < -0.39 is 0 Å².